The zero-order chi connectivity index (χ0) is 15.4. The number of carbonyl (C=O) groups excluding carboxylic acids is 1. The molecule has 0 bridgehead atoms. The molecule has 1 aromatic carbocycles. The molecule has 0 saturated heterocycles. The molecule has 22 heavy (non-hydrogen) atoms. The van der Waals surface area contributed by atoms with Crippen molar-refractivity contribution in [3.8, 4) is 5.75 Å². The van der Waals surface area contributed by atoms with E-state index in [4.69, 9.17) is 14.0 Å². The maximum atomic E-state index is 12.1. The fourth-order valence-corrected chi connectivity index (χ4v) is 2.19. The van der Waals surface area contributed by atoms with Gasteiger partial charge in [-0.1, -0.05) is 17.3 Å². The molecule has 6 heteroatoms. The minimum Gasteiger partial charge on any atom is -0.497 e. The Kier molecular flexibility index (Phi) is 4.09. The molecule has 1 aliphatic heterocycles. The van der Waals surface area contributed by atoms with Crippen LogP contribution >= 0.6 is 0 Å². The Morgan fingerprint density at radius 3 is 3.09 bits per heavy atom. The molecule has 1 atom stereocenters. The van der Waals surface area contributed by atoms with E-state index in [1.165, 1.54) is 0 Å². The largest absolute Gasteiger partial charge is 0.497 e. The Labute approximate surface area is 127 Å². The molecule has 1 aliphatic rings. The van der Waals surface area contributed by atoms with E-state index in [2.05, 4.69) is 10.5 Å². The summed E-state index contributed by atoms with van der Waals surface area (Å²) >= 11 is 0. The topological polar surface area (TPSA) is 73.1 Å². The average molecular weight is 300 g/mol. The van der Waals surface area contributed by atoms with E-state index in [1.807, 2.05) is 24.3 Å². The third-order valence-corrected chi connectivity index (χ3v) is 3.38. The molecule has 6 nitrogen and oxygen atoms in total. The van der Waals surface area contributed by atoms with E-state index in [0.29, 0.717) is 18.7 Å². The normalized spacial score (nSPS) is 16.8. The van der Waals surface area contributed by atoms with E-state index >= 15 is 0 Å². The summed E-state index contributed by atoms with van der Waals surface area (Å²) in [4.78, 5) is 17.3. The average Bonchev–Trinajstić information content (AvgIpc) is 3.24. The number of hydrogen-bond donors (Lipinski definition) is 1. The van der Waals surface area contributed by atoms with Gasteiger partial charge in [0.1, 0.15) is 11.5 Å². The Balaban J connectivity index is 1.57. The van der Waals surface area contributed by atoms with Crippen molar-refractivity contribution in [2.45, 2.75) is 19.1 Å². The third-order valence-electron chi connectivity index (χ3n) is 3.38. The number of methoxy groups -OCH3 is 1. The van der Waals surface area contributed by atoms with Crippen LogP contribution in [0, 0.1) is 0 Å². The summed E-state index contributed by atoms with van der Waals surface area (Å²) in [5.74, 6) is 1.23. The van der Waals surface area contributed by atoms with Crippen molar-refractivity contribution in [2.75, 3.05) is 7.11 Å². The maximum absolute atomic E-state index is 12.1. The lowest BCUT2D eigenvalue weighted by Crippen LogP contribution is -2.34. The molecule has 0 radical (unpaired) electrons. The number of oxime groups is 1. The van der Waals surface area contributed by atoms with Crippen molar-refractivity contribution in [3.63, 3.8) is 0 Å². The number of hydrogen-bond acceptors (Lipinski definition) is 5. The summed E-state index contributed by atoms with van der Waals surface area (Å²) in [6.45, 7) is 0.334. The standard InChI is InChI=1S/C16H16N2O4/c1-20-12-5-2-4-11(8-12)14-9-15(22-18-14)16(19)17-10-13-6-3-7-21-13/h2-8,15H,9-10H2,1H3,(H,17,19)/t15-/m0/s1. The lowest BCUT2D eigenvalue weighted by atomic mass is 10.0. The zero-order valence-corrected chi connectivity index (χ0v) is 12.1. The first-order chi connectivity index (χ1) is 10.8. The van der Waals surface area contributed by atoms with Crippen molar-refractivity contribution < 1.29 is 18.8 Å². The van der Waals surface area contributed by atoms with E-state index in [9.17, 15) is 4.79 Å². The van der Waals surface area contributed by atoms with Crippen LogP contribution in [0.25, 0.3) is 0 Å². The van der Waals surface area contributed by atoms with E-state index in [-0.39, 0.29) is 5.91 Å². The first-order valence-corrected chi connectivity index (χ1v) is 6.93. The van der Waals surface area contributed by atoms with Gasteiger partial charge in [0.25, 0.3) is 5.91 Å². The zero-order valence-electron chi connectivity index (χ0n) is 12.1. The number of furan rings is 1. The number of nitrogens with one attached hydrogen (secondary N) is 1. The van der Waals surface area contributed by atoms with Gasteiger partial charge in [-0.05, 0) is 24.3 Å². The van der Waals surface area contributed by atoms with Crippen LogP contribution in [0.15, 0.2) is 52.2 Å². The smallest absolute Gasteiger partial charge is 0.264 e. The van der Waals surface area contributed by atoms with Crippen molar-refractivity contribution in [3.05, 3.63) is 54.0 Å². The quantitative estimate of drug-likeness (QED) is 0.917. The van der Waals surface area contributed by atoms with Gasteiger partial charge in [0.15, 0.2) is 0 Å². The van der Waals surface area contributed by atoms with Crippen LogP contribution in [0.5, 0.6) is 5.75 Å². The second-order valence-electron chi connectivity index (χ2n) is 4.87. The molecular weight excluding hydrogens is 284 g/mol. The number of nitrogens with zero attached hydrogens (tertiary/aromatic N) is 1. The maximum Gasteiger partial charge on any atom is 0.264 e. The molecule has 1 amide bonds. The first-order valence-electron chi connectivity index (χ1n) is 6.93. The van der Waals surface area contributed by atoms with Crippen molar-refractivity contribution in [2.24, 2.45) is 5.16 Å². The SMILES string of the molecule is COc1cccc(C2=NO[C@H](C(=O)NCc3ccco3)C2)c1. The molecule has 0 unspecified atom stereocenters. The van der Waals surface area contributed by atoms with Crippen LogP contribution in [0.1, 0.15) is 17.7 Å². The highest BCUT2D eigenvalue weighted by atomic mass is 16.6. The predicted molar refractivity (Wildman–Crippen MR) is 79.6 cm³/mol. The van der Waals surface area contributed by atoms with E-state index < -0.39 is 6.10 Å². The van der Waals surface area contributed by atoms with Gasteiger partial charge in [0, 0.05) is 12.0 Å². The number of rotatable bonds is 5. The van der Waals surface area contributed by atoms with Crippen LogP contribution in [-0.4, -0.2) is 24.8 Å². The van der Waals surface area contributed by atoms with Gasteiger partial charge in [0.2, 0.25) is 6.10 Å². The van der Waals surface area contributed by atoms with Gasteiger partial charge < -0.3 is 19.3 Å². The van der Waals surface area contributed by atoms with Crippen molar-refractivity contribution in [1.82, 2.24) is 5.32 Å². The molecule has 2 aromatic rings. The summed E-state index contributed by atoms with van der Waals surface area (Å²) in [6, 6.07) is 11.1. The van der Waals surface area contributed by atoms with Gasteiger partial charge in [0.05, 0.1) is 25.6 Å². The lowest BCUT2D eigenvalue weighted by molar-refractivity contribution is -0.131. The van der Waals surface area contributed by atoms with Crippen LogP contribution in [-0.2, 0) is 16.2 Å². The van der Waals surface area contributed by atoms with Gasteiger partial charge in [-0.3, -0.25) is 4.79 Å². The van der Waals surface area contributed by atoms with Crippen molar-refractivity contribution in [1.29, 1.82) is 0 Å². The first kappa shape index (κ1) is 14.2. The van der Waals surface area contributed by atoms with Crippen molar-refractivity contribution >= 4 is 11.6 Å². The molecule has 3 rings (SSSR count). The minimum absolute atomic E-state index is 0.210. The molecular formula is C16H16N2O4. The van der Waals surface area contributed by atoms with Gasteiger partial charge in [-0.15, -0.1) is 0 Å². The summed E-state index contributed by atoms with van der Waals surface area (Å²) in [5, 5.41) is 6.77. The molecule has 0 aliphatic carbocycles. The van der Waals surface area contributed by atoms with Gasteiger partial charge in [-0.2, -0.15) is 0 Å². The molecule has 2 heterocycles. The van der Waals surface area contributed by atoms with Crippen LogP contribution < -0.4 is 10.1 Å². The number of carbonyl (C=O) groups is 1. The summed E-state index contributed by atoms with van der Waals surface area (Å²) in [7, 11) is 1.61. The Bertz CT molecular complexity index is 679. The van der Waals surface area contributed by atoms with Gasteiger partial charge >= 0.3 is 0 Å². The van der Waals surface area contributed by atoms with Crippen LogP contribution in [0.2, 0.25) is 0 Å². The molecule has 0 saturated carbocycles. The molecule has 1 aromatic heterocycles. The molecule has 0 spiro atoms. The third kappa shape index (κ3) is 3.11. The predicted octanol–water partition coefficient (Wildman–Crippen LogP) is 2.10. The Hall–Kier alpha value is -2.76. The van der Waals surface area contributed by atoms with E-state index in [0.717, 1.165) is 17.0 Å². The fourth-order valence-electron chi connectivity index (χ4n) is 2.19. The molecule has 1 N–H and O–H groups in total. The highest BCUT2D eigenvalue weighted by molar-refractivity contribution is 6.04. The minimum atomic E-state index is -0.615. The van der Waals surface area contributed by atoms with Crippen LogP contribution in [0.3, 0.4) is 0 Å². The highest BCUT2D eigenvalue weighted by Gasteiger charge is 2.28. The molecule has 0 fully saturated rings. The number of amides is 1. The molecule has 114 valence electrons. The highest BCUT2D eigenvalue weighted by Crippen LogP contribution is 2.20. The monoisotopic (exact) mass is 300 g/mol. The summed E-state index contributed by atoms with van der Waals surface area (Å²) in [6.07, 6.45) is 1.38. The van der Waals surface area contributed by atoms with E-state index in [1.54, 1.807) is 25.5 Å². The lowest BCUT2D eigenvalue weighted by Gasteiger charge is -2.08. The van der Waals surface area contributed by atoms with Crippen LogP contribution in [0.4, 0.5) is 0 Å². The second kappa shape index (κ2) is 6.34. The Morgan fingerprint density at radius 1 is 1.41 bits per heavy atom. The van der Waals surface area contributed by atoms with Gasteiger partial charge in [-0.25, -0.2) is 0 Å². The number of benzene rings is 1. The summed E-state index contributed by atoms with van der Waals surface area (Å²) < 4.78 is 10.3. The number of ether oxygens (including phenoxy) is 1. The summed E-state index contributed by atoms with van der Waals surface area (Å²) in [5.41, 5.74) is 1.62. The Morgan fingerprint density at radius 2 is 2.32 bits per heavy atom. The second-order valence-corrected chi connectivity index (χ2v) is 4.87. The fraction of sp³-hybridized carbons (Fsp3) is 0.250.